The lowest BCUT2D eigenvalue weighted by atomic mass is 9.87. The molecule has 1 aromatic rings. The zero-order valence-electron chi connectivity index (χ0n) is 15.5. The van der Waals surface area contributed by atoms with Gasteiger partial charge < -0.3 is 15.4 Å². The fourth-order valence-electron chi connectivity index (χ4n) is 2.98. The lowest BCUT2D eigenvalue weighted by Gasteiger charge is -2.30. The Labute approximate surface area is 146 Å². The number of piperidine rings is 1. The van der Waals surface area contributed by atoms with Crippen LogP contribution in [0.25, 0.3) is 0 Å². The second kappa shape index (κ2) is 8.52. The Bertz CT molecular complexity index is 519. The van der Waals surface area contributed by atoms with E-state index in [9.17, 15) is 4.79 Å². The van der Waals surface area contributed by atoms with Gasteiger partial charge in [-0.05, 0) is 55.0 Å². The van der Waals surface area contributed by atoms with Crippen molar-refractivity contribution in [1.29, 1.82) is 0 Å². The molecule has 1 aromatic carbocycles. The van der Waals surface area contributed by atoms with E-state index in [4.69, 9.17) is 4.74 Å². The Morgan fingerprint density at radius 2 is 2.00 bits per heavy atom. The number of carbonyl (C=O) groups excluding carboxylic acids is 1. The van der Waals surface area contributed by atoms with Gasteiger partial charge in [-0.15, -0.1) is 0 Å². The molecule has 0 aromatic heterocycles. The number of benzene rings is 1. The first-order valence-electron chi connectivity index (χ1n) is 9.09. The molecule has 0 saturated carbocycles. The number of hydrogen-bond donors (Lipinski definition) is 2. The molecule has 1 amide bonds. The van der Waals surface area contributed by atoms with Crippen LogP contribution in [0.15, 0.2) is 24.3 Å². The molecule has 0 spiro atoms. The molecule has 0 aliphatic carbocycles. The minimum absolute atomic E-state index is 0.139. The van der Waals surface area contributed by atoms with Crippen LogP contribution < -0.4 is 15.4 Å². The van der Waals surface area contributed by atoms with Crippen molar-refractivity contribution < 1.29 is 9.53 Å². The van der Waals surface area contributed by atoms with Crippen molar-refractivity contribution in [2.75, 3.05) is 19.7 Å². The maximum Gasteiger partial charge on any atom is 0.220 e. The van der Waals surface area contributed by atoms with Crippen molar-refractivity contribution in [2.24, 2.45) is 5.92 Å². The predicted molar refractivity (Wildman–Crippen MR) is 98.5 cm³/mol. The number of nitrogens with one attached hydrogen (secondary N) is 2. The van der Waals surface area contributed by atoms with Gasteiger partial charge in [-0.1, -0.05) is 39.8 Å². The fourth-order valence-corrected chi connectivity index (χ4v) is 2.98. The van der Waals surface area contributed by atoms with E-state index in [1.54, 1.807) is 0 Å². The number of ether oxygens (including phenoxy) is 1. The molecule has 134 valence electrons. The fraction of sp³-hybridized carbons (Fsp3) is 0.650. The Balaban J connectivity index is 1.66. The SMILES string of the molecule is CC1CNCCC1NC(=O)CCCOc1ccc(C(C)(C)C)cc1. The monoisotopic (exact) mass is 332 g/mol. The molecule has 2 rings (SSSR count). The van der Waals surface area contributed by atoms with Gasteiger partial charge in [0.05, 0.1) is 6.61 Å². The summed E-state index contributed by atoms with van der Waals surface area (Å²) in [6, 6.07) is 8.56. The molecular formula is C20H32N2O2. The predicted octanol–water partition coefficient (Wildman–Crippen LogP) is 3.26. The van der Waals surface area contributed by atoms with E-state index >= 15 is 0 Å². The molecule has 2 unspecified atom stereocenters. The highest BCUT2D eigenvalue weighted by Gasteiger charge is 2.22. The summed E-state index contributed by atoms with van der Waals surface area (Å²) in [5.74, 6) is 1.51. The minimum atomic E-state index is 0.139. The molecule has 0 radical (unpaired) electrons. The molecule has 0 bridgehead atoms. The van der Waals surface area contributed by atoms with Crippen molar-refractivity contribution in [3.8, 4) is 5.75 Å². The van der Waals surface area contributed by atoms with Gasteiger partial charge in [0.1, 0.15) is 5.75 Å². The highest BCUT2D eigenvalue weighted by atomic mass is 16.5. The third-order valence-electron chi connectivity index (χ3n) is 4.67. The van der Waals surface area contributed by atoms with Crippen LogP contribution in [0.4, 0.5) is 0 Å². The molecule has 4 heteroatoms. The minimum Gasteiger partial charge on any atom is -0.494 e. The summed E-state index contributed by atoms with van der Waals surface area (Å²) >= 11 is 0. The molecule has 1 heterocycles. The first-order chi connectivity index (χ1) is 11.4. The van der Waals surface area contributed by atoms with Gasteiger partial charge in [0.2, 0.25) is 5.91 Å². The number of carbonyl (C=O) groups is 1. The van der Waals surface area contributed by atoms with E-state index in [2.05, 4.69) is 50.5 Å². The standard InChI is InChI=1S/C20H32N2O2/c1-15-14-21-12-11-18(15)22-19(23)6-5-13-24-17-9-7-16(8-10-17)20(2,3)4/h7-10,15,18,21H,5-6,11-14H2,1-4H3,(H,22,23). The molecule has 1 aliphatic heterocycles. The lowest BCUT2D eigenvalue weighted by molar-refractivity contribution is -0.122. The second-order valence-corrected chi connectivity index (χ2v) is 7.87. The molecule has 2 atom stereocenters. The average Bonchev–Trinajstić information content (AvgIpc) is 2.53. The van der Waals surface area contributed by atoms with E-state index in [0.717, 1.165) is 31.7 Å². The van der Waals surface area contributed by atoms with E-state index in [1.165, 1.54) is 5.56 Å². The van der Waals surface area contributed by atoms with Crippen LogP contribution in [0.1, 0.15) is 52.5 Å². The highest BCUT2D eigenvalue weighted by Crippen LogP contribution is 2.24. The first kappa shape index (κ1) is 18.8. The second-order valence-electron chi connectivity index (χ2n) is 7.87. The van der Waals surface area contributed by atoms with Gasteiger partial charge in [0, 0.05) is 12.5 Å². The number of amides is 1. The third-order valence-corrected chi connectivity index (χ3v) is 4.67. The van der Waals surface area contributed by atoms with Gasteiger partial charge in [-0.2, -0.15) is 0 Å². The van der Waals surface area contributed by atoms with Gasteiger partial charge in [-0.25, -0.2) is 0 Å². The summed E-state index contributed by atoms with van der Waals surface area (Å²) in [6.07, 6.45) is 2.28. The van der Waals surface area contributed by atoms with Crippen LogP contribution in [0, 0.1) is 5.92 Å². The largest absolute Gasteiger partial charge is 0.494 e. The summed E-state index contributed by atoms with van der Waals surface area (Å²) in [5.41, 5.74) is 1.45. The van der Waals surface area contributed by atoms with Crippen LogP contribution >= 0.6 is 0 Å². The summed E-state index contributed by atoms with van der Waals surface area (Å²) in [5, 5.41) is 6.51. The van der Waals surface area contributed by atoms with Crippen molar-refractivity contribution in [1.82, 2.24) is 10.6 Å². The van der Waals surface area contributed by atoms with Crippen LogP contribution in [0.5, 0.6) is 5.75 Å². The third kappa shape index (κ3) is 5.82. The average molecular weight is 332 g/mol. The lowest BCUT2D eigenvalue weighted by Crippen LogP contribution is -2.48. The van der Waals surface area contributed by atoms with Crippen LogP contribution in [-0.4, -0.2) is 31.6 Å². The first-order valence-corrected chi connectivity index (χ1v) is 9.09. The van der Waals surface area contributed by atoms with E-state index in [0.29, 0.717) is 25.0 Å². The topological polar surface area (TPSA) is 50.4 Å². The Morgan fingerprint density at radius 1 is 1.29 bits per heavy atom. The molecule has 24 heavy (non-hydrogen) atoms. The van der Waals surface area contributed by atoms with E-state index in [1.807, 2.05) is 12.1 Å². The highest BCUT2D eigenvalue weighted by molar-refractivity contribution is 5.76. The van der Waals surface area contributed by atoms with Gasteiger partial charge in [0.15, 0.2) is 0 Å². The zero-order valence-corrected chi connectivity index (χ0v) is 15.5. The Kier molecular flexibility index (Phi) is 6.67. The molecule has 1 aliphatic rings. The zero-order chi connectivity index (χ0) is 17.6. The molecular weight excluding hydrogens is 300 g/mol. The van der Waals surface area contributed by atoms with Gasteiger partial charge >= 0.3 is 0 Å². The summed E-state index contributed by atoms with van der Waals surface area (Å²) in [4.78, 5) is 12.0. The maximum absolute atomic E-state index is 12.0. The Morgan fingerprint density at radius 3 is 2.62 bits per heavy atom. The van der Waals surface area contributed by atoms with Crippen molar-refractivity contribution in [3.05, 3.63) is 29.8 Å². The van der Waals surface area contributed by atoms with E-state index < -0.39 is 0 Å². The van der Waals surface area contributed by atoms with Gasteiger partial charge in [-0.3, -0.25) is 4.79 Å². The van der Waals surface area contributed by atoms with Gasteiger partial charge in [0.25, 0.3) is 0 Å². The summed E-state index contributed by atoms with van der Waals surface area (Å²) < 4.78 is 5.75. The quantitative estimate of drug-likeness (QED) is 0.786. The molecule has 1 saturated heterocycles. The molecule has 2 N–H and O–H groups in total. The van der Waals surface area contributed by atoms with Crippen molar-refractivity contribution in [2.45, 2.75) is 58.4 Å². The molecule has 4 nitrogen and oxygen atoms in total. The Hall–Kier alpha value is -1.55. The summed E-state index contributed by atoms with van der Waals surface area (Å²) in [7, 11) is 0. The summed E-state index contributed by atoms with van der Waals surface area (Å²) in [6.45, 7) is 11.3. The number of rotatable bonds is 6. The van der Waals surface area contributed by atoms with Crippen molar-refractivity contribution >= 4 is 5.91 Å². The normalized spacial score (nSPS) is 21.3. The van der Waals surface area contributed by atoms with Crippen LogP contribution in [0.2, 0.25) is 0 Å². The van der Waals surface area contributed by atoms with Crippen molar-refractivity contribution in [3.63, 3.8) is 0 Å². The number of hydrogen-bond acceptors (Lipinski definition) is 3. The maximum atomic E-state index is 12.0. The van der Waals surface area contributed by atoms with E-state index in [-0.39, 0.29) is 11.3 Å². The van der Waals surface area contributed by atoms with Crippen LogP contribution in [0.3, 0.4) is 0 Å². The van der Waals surface area contributed by atoms with Crippen LogP contribution in [-0.2, 0) is 10.2 Å². The molecule has 1 fully saturated rings. The smallest absolute Gasteiger partial charge is 0.220 e.